The molecule has 51 heavy (non-hydrogen) atoms. The predicted molar refractivity (Wildman–Crippen MR) is 189 cm³/mol. The van der Waals surface area contributed by atoms with Gasteiger partial charge in [-0.1, -0.05) is 62.4 Å². The highest BCUT2D eigenvalue weighted by Gasteiger charge is 2.37. The number of carbonyl (C=O) groups is 4. The van der Waals surface area contributed by atoms with Crippen molar-refractivity contribution in [1.82, 2.24) is 40.4 Å². The van der Waals surface area contributed by atoms with Gasteiger partial charge in [-0.05, 0) is 53.9 Å². The zero-order chi connectivity index (χ0) is 36.1. The monoisotopic (exact) mass is 696 g/mol. The van der Waals surface area contributed by atoms with Crippen LogP contribution in [0.2, 0.25) is 0 Å². The molecule has 3 atom stereocenters. The molecule has 14 nitrogen and oxygen atoms in total. The maximum absolute atomic E-state index is 13.5. The molecule has 2 saturated heterocycles. The van der Waals surface area contributed by atoms with Crippen LogP contribution in [0.25, 0.3) is 33.6 Å². The first-order valence-corrected chi connectivity index (χ1v) is 17.2. The van der Waals surface area contributed by atoms with Gasteiger partial charge in [-0.15, -0.1) is 0 Å². The van der Waals surface area contributed by atoms with E-state index >= 15 is 0 Å². The molecule has 4 heterocycles. The van der Waals surface area contributed by atoms with Gasteiger partial charge in [0.1, 0.15) is 23.7 Å². The molecular weight excluding hydrogens is 652 g/mol. The summed E-state index contributed by atoms with van der Waals surface area (Å²) < 4.78 is 9.39. The van der Waals surface area contributed by atoms with Gasteiger partial charge in [-0.3, -0.25) is 9.59 Å². The third-order valence-electron chi connectivity index (χ3n) is 9.54. The number of benzene rings is 2. The van der Waals surface area contributed by atoms with Crippen molar-refractivity contribution in [3.63, 3.8) is 0 Å². The van der Waals surface area contributed by atoms with Crippen LogP contribution in [0.3, 0.4) is 0 Å². The van der Waals surface area contributed by atoms with E-state index in [1.54, 1.807) is 22.2 Å². The van der Waals surface area contributed by atoms with Gasteiger partial charge in [0.15, 0.2) is 0 Å². The fourth-order valence-electron chi connectivity index (χ4n) is 6.73. The molecule has 0 radical (unpaired) electrons. The first kappa shape index (κ1) is 35.2. The number of hydrogen-bond donors (Lipinski definition) is 4. The molecule has 14 heteroatoms. The fourth-order valence-corrected chi connectivity index (χ4v) is 6.73. The molecule has 0 bridgehead atoms. The van der Waals surface area contributed by atoms with Crippen LogP contribution >= 0.6 is 0 Å². The Labute approximate surface area is 296 Å². The topological polar surface area (TPSA) is 175 Å². The molecule has 3 unspecified atom stereocenters. The number of amides is 4. The molecule has 2 aromatic carbocycles. The first-order chi connectivity index (χ1) is 24.6. The standard InChI is InChI=1S/C37H44N8O6/c1-22(2)32(43-37(49)51-4)35(47)45-18-6-8-30(45)33-39-20-29(41-33)26-15-11-24(12-16-26)23-9-13-25(14-10-23)28-19-38-31(40-28)21-44-17-5-7-27(34(44)46)42-36(48)50-3/h9-16,19-20,22,27,30,32H,5-8,17-18,21H2,1-4H3,(H,38,40)(H,39,41)(H,42,48)(H,43,49). The SMILES string of the molecule is COC(=O)NC1CCCN(Cc2ncc(-c3ccc(-c4ccc(-c5cnc(C6CCCN6C(=O)C(NC(=O)OC)C(C)C)[nH]5)cc4)cc3)[nH]2)C1=O. The smallest absolute Gasteiger partial charge is 0.407 e. The number of hydrogen-bond acceptors (Lipinski definition) is 8. The van der Waals surface area contributed by atoms with Gasteiger partial charge in [0.2, 0.25) is 11.8 Å². The first-order valence-electron chi connectivity index (χ1n) is 17.2. The van der Waals surface area contributed by atoms with Crippen LogP contribution in [0, 0.1) is 5.92 Å². The van der Waals surface area contributed by atoms with Crippen molar-refractivity contribution < 1.29 is 28.7 Å². The van der Waals surface area contributed by atoms with Gasteiger partial charge in [0, 0.05) is 13.1 Å². The van der Waals surface area contributed by atoms with Crippen LogP contribution in [0.5, 0.6) is 0 Å². The molecule has 2 fully saturated rings. The molecule has 0 saturated carbocycles. The molecule has 268 valence electrons. The maximum atomic E-state index is 13.5. The molecule has 4 aromatic rings. The predicted octanol–water partition coefficient (Wildman–Crippen LogP) is 5.02. The number of aromatic amines is 2. The summed E-state index contributed by atoms with van der Waals surface area (Å²) in [6.45, 7) is 5.31. The number of ether oxygens (including phenoxy) is 2. The molecule has 2 aliphatic heterocycles. The molecule has 4 amide bonds. The van der Waals surface area contributed by atoms with Crippen LogP contribution in [0.1, 0.15) is 57.2 Å². The lowest BCUT2D eigenvalue weighted by molar-refractivity contribution is -0.136. The number of methoxy groups -OCH3 is 2. The number of aromatic nitrogens is 4. The zero-order valence-corrected chi connectivity index (χ0v) is 29.3. The van der Waals surface area contributed by atoms with Crippen molar-refractivity contribution in [3.05, 3.63) is 72.6 Å². The second kappa shape index (κ2) is 15.5. The summed E-state index contributed by atoms with van der Waals surface area (Å²) in [5, 5.41) is 5.30. The Balaban J connectivity index is 1.08. The fraction of sp³-hybridized carbons (Fsp3) is 0.405. The summed E-state index contributed by atoms with van der Waals surface area (Å²) in [7, 11) is 2.57. The van der Waals surface area contributed by atoms with Crippen molar-refractivity contribution in [3.8, 4) is 33.6 Å². The average Bonchev–Trinajstić information content (AvgIpc) is 3.94. The maximum Gasteiger partial charge on any atom is 0.407 e. The number of nitrogens with one attached hydrogen (secondary N) is 4. The van der Waals surface area contributed by atoms with Gasteiger partial charge in [0.05, 0.1) is 50.6 Å². The van der Waals surface area contributed by atoms with E-state index in [1.807, 2.05) is 38.1 Å². The average molecular weight is 697 g/mol. The van der Waals surface area contributed by atoms with E-state index in [1.165, 1.54) is 14.2 Å². The summed E-state index contributed by atoms with van der Waals surface area (Å²) >= 11 is 0. The van der Waals surface area contributed by atoms with Crippen molar-refractivity contribution >= 4 is 24.0 Å². The van der Waals surface area contributed by atoms with Crippen LogP contribution in [-0.2, 0) is 25.6 Å². The van der Waals surface area contributed by atoms with E-state index in [2.05, 4.69) is 59.6 Å². The number of H-pyrrole nitrogens is 2. The van der Waals surface area contributed by atoms with Gasteiger partial charge in [-0.25, -0.2) is 19.6 Å². The van der Waals surface area contributed by atoms with Crippen molar-refractivity contribution in [1.29, 1.82) is 0 Å². The molecule has 4 N–H and O–H groups in total. The lowest BCUT2D eigenvalue weighted by Crippen LogP contribution is -2.51. The Bertz CT molecular complexity index is 1850. The summed E-state index contributed by atoms with van der Waals surface area (Å²) in [5.74, 6) is 1.00. The Hall–Kier alpha value is -5.66. The molecule has 2 aliphatic rings. The van der Waals surface area contributed by atoms with Crippen LogP contribution in [0.15, 0.2) is 60.9 Å². The van der Waals surface area contributed by atoms with Crippen molar-refractivity contribution in [2.45, 2.75) is 64.2 Å². The molecule has 0 spiro atoms. The normalized spacial score (nSPS) is 18.1. The number of nitrogens with zero attached hydrogens (tertiary/aromatic N) is 4. The second-order valence-electron chi connectivity index (χ2n) is 13.2. The van der Waals surface area contributed by atoms with Gasteiger partial charge < -0.3 is 39.9 Å². The number of imidazole rings is 2. The summed E-state index contributed by atoms with van der Waals surface area (Å²) in [4.78, 5) is 69.3. The lowest BCUT2D eigenvalue weighted by atomic mass is 10.0. The number of piperidine rings is 1. The van der Waals surface area contributed by atoms with Gasteiger partial charge in [-0.2, -0.15) is 0 Å². The number of likely N-dealkylation sites (tertiary alicyclic amines) is 2. The number of carbonyl (C=O) groups excluding carboxylic acids is 4. The van der Waals surface area contributed by atoms with Crippen LogP contribution in [0.4, 0.5) is 9.59 Å². The summed E-state index contributed by atoms with van der Waals surface area (Å²) in [6.07, 6.45) is 5.31. The van der Waals surface area contributed by atoms with Crippen molar-refractivity contribution in [2.75, 3.05) is 27.3 Å². The lowest BCUT2D eigenvalue weighted by Gasteiger charge is -2.31. The van der Waals surface area contributed by atoms with Crippen molar-refractivity contribution in [2.24, 2.45) is 5.92 Å². The third-order valence-corrected chi connectivity index (χ3v) is 9.54. The minimum absolute atomic E-state index is 0.102. The highest BCUT2D eigenvalue weighted by molar-refractivity contribution is 5.87. The number of alkyl carbamates (subject to hydrolysis) is 2. The van der Waals surface area contributed by atoms with E-state index < -0.39 is 24.3 Å². The Morgan fingerprint density at radius 2 is 1.41 bits per heavy atom. The van der Waals surface area contributed by atoms with Gasteiger partial charge >= 0.3 is 12.2 Å². The second-order valence-corrected chi connectivity index (χ2v) is 13.2. The zero-order valence-electron chi connectivity index (χ0n) is 29.3. The Kier molecular flexibility index (Phi) is 10.7. The molecule has 6 rings (SSSR count). The Morgan fingerprint density at radius 1 is 0.824 bits per heavy atom. The van der Waals surface area contributed by atoms with E-state index in [0.717, 1.165) is 58.7 Å². The van der Waals surface area contributed by atoms with Crippen LogP contribution < -0.4 is 10.6 Å². The summed E-state index contributed by atoms with van der Waals surface area (Å²) in [5.41, 5.74) is 5.75. The molecule has 0 aliphatic carbocycles. The molecular formula is C37H44N8O6. The molecule has 2 aromatic heterocycles. The minimum atomic E-state index is -0.685. The van der Waals surface area contributed by atoms with Gasteiger partial charge in [0.25, 0.3) is 0 Å². The third kappa shape index (κ3) is 7.89. The van der Waals surface area contributed by atoms with E-state index in [0.29, 0.717) is 31.9 Å². The highest BCUT2D eigenvalue weighted by atomic mass is 16.5. The van der Waals surface area contributed by atoms with E-state index in [4.69, 9.17) is 4.74 Å². The van der Waals surface area contributed by atoms with E-state index in [9.17, 15) is 19.2 Å². The van der Waals surface area contributed by atoms with Crippen LogP contribution in [-0.4, -0.2) is 93.1 Å². The largest absolute Gasteiger partial charge is 0.453 e. The quantitative estimate of drug-likeness (QED) is 0.179. The summed E-state index contributed by atoms with van der Waals surface area (Å²) in [6, 6.07) is 14.9. The highest BCUT2D eigenvalue weighted by Crippen LogP contribution is 2.33. The van der Waals surface area contributed by atoms with E-state index in [-0.39, 0.29) is 23.8 Å². The number of rotatable bonds is 10. The minimum Gasteiger partial charge on any atom is -0.453 e. The Morgan fingerprint density at radius 3 is 2.04 bits per heavy atom.